The summed E-state index contributed by atoms with van der Waals surface area (Å²) in [4.78, 5) is 39.8. The van der Waals surface area contributed by atoms with Crippen LogP contribution in [0.4, 0.5) is 0 Å². The summed E-state index contributed by atoms with van der Waals surface area (Å²) in [7, 11) is 1.44. The first-order valence-corrected chi connectivity index (χ1v) is 12.2. The van der Waals surface area contributed by atoms with E-state index in [1.54, 1.807) is 18.2 Å². The molecule has 2 amide bonds. The van der Waals surface area contributed by atoms with Gasteiger partial charge in [-0.2, -0.15) is 0 Å². The Kier molecular flexibility index (Phi) is 7.99. The van der Waals surface area contributed by atoms with E-state index in [2.05, 4.69) is 5.32 Å². The first-order valence-electron chi connectivity index (χ1n) is 12.2. The highest BCUT2D eigenvalue weighted by molar-refractivity contribution is 5.96. The van der Waals surface area contributed by atoms with Crippen LogP contribution in [-0.4, -0.2) is 71.7 Å². The molecule has 10 nitrogen and oxygen atoms in total. The molecule has 198 valence electrons. The van der Waals surface area contributed by atoms with Gasteiger partial charge in [-0.25, -0.2) is 0 Å². The van der Waals surface area contributed by atoms with Crippen LogP contribution < -0.4 is 14.8 Å². The Morgan fingerprint density at radius 1 is 1.30 bits per heavy atom. The summed E-state index contributed by atoms with van der Waals surface area (Å²) in [5.74, 6) is -0.668. The van der Waals surface area contributed by atoms with Crippen LogP contribution in [0.5, 0.6) is 11.5 Å². The van der Waals surface area contributed by atoms with Crippen molar-refractivity contribution in [2.24, 2.45) is 5.92 Å². The monoisotopic (exact) mass is 512 g/mol. The summed E-state index contributed by atoms with van der Waals surface area (Å²) >= 11 is 0. The van der Waals surface area contributed by atoms with Crippen molar-refractivity contribution < 1.29 is 38.5 Å². The van der Waals surface area contributed by atoms with Crippen molar-refractivity contribution in [3.8, 4) is 11.5 Å². The number of ether oxygens (including phenoxy) is 2. The maximum atomic E-state index is 13.4. The molecule has 0 radical (unpaired) electrons. The first-order chi connectivity index (χ1) is 17.8. The second-order valence-corrected chi connectivity index (χ2v) is 9.65. The lowest BCUT2D eigenvalue weighted by Gasteiger charge is -2.40. The van der Waals surface area contributed by atoms with Gasteiger partial charge in [-0.3, -0.25) is 14.4 Å². The van der Waals surface area contributed by atoms with Crippen LogP contribution in [0.2, 0.25) is 0 Å². The number of hydrogen-bond donors (Lipinski definition) is 3. The third-order valence-corrected chi connectivity index (χ3v) is 6.61. The lowest BCUT2D eigenvalue weighted by Crippen LogP contribution is -2.55. The zero-order valence-electron chi connectivity index (χ0n) is 21.0. The van der Waals surface area contributed by atoms with Crippen molar-refractivity contribution in [2.45, 2.75) is 51.0 Å². The Morgan fingerprint density at radius 3 is 2.70 bits per heavy atom. The lowest BCUT2D eigenvalue weighted by atomic mass is 9.77. The molecule has 0 spiro atoms. The van der Waals surface area contributed by atoms with E-state index in [4.69, 9.17) is 13.9 Å². The number of hydrogen-bond acceptors (Lipinski definition) is 8. The SMILES string of the molecule is COc1cc(C=O)cc2c1OC1C2C(C(=O)NCCO)=CC(N(Cc2ccoc2)C(=O)CC(C)C)C1O. The summed E-state index contributed by atoms with van der Waals surface area (Å²) < 4.78 is 16.8. The summed E-state index contributed by atoms with van der Waals surface area (Å²) in [5.41, 5.74) is 1.87. The van der Waals surface area contributed by atoms with Crippen LogP contribution in [0.3, 0.4) is 0 Å². The van der Waals surface area contributed by atoms with E-state index >= 15 is 0 Å². The molecule has 0 fully saturated rings. The topological polar surface area (TPSA) is 139 Å². The van der Waals surface area contributed by atoms with Crippen molar-refractivity contribution in [1.82, 2.24) is 10.2 Å². The average molecular weight is 513 g/mol. The minimum atomic E-state index is -1.20. The number of carbonyl (C=O) groups is 3. The normalized spacial score (nSPS) is 21.9. The van der Waals surface area contributed by atoms with Gasteiger partial charge in [0, 0.05) is 41.8 Å². The molecule has 0 saturated carbocycles. The quantitative estimate of drug-likeness (QED) is 0.410. The van der Waals surface area contributed by atoms with Crippen LogP contribution in [-0.2, 0) is 16.1 Å². The Balaban J connectivity index is 1.82. The number of amides is 2. The van der Waals surface area contributed by atoms with Gasteiger partial charge >= 0.3 is 0 Å². The predicted octanol–water partition coefficient (Wildman–Crippen LogP) is 1.80. The smallest absolute Gasteiger partial charge is 0.247 e. The van der Waals surface area contributed by atoms with Crippen molar-refractivity contribution in [3.63, 3.8) is 0 Å². The molecule has 1 aromatic carbocycles. The minimum absolute atomic E-state index is 0.0250. The molecular formula is C27H32N2O8. The van der Waals surface area contributed by atoms with Crippen molar-refractivity contribution in [3.05, 3.63) is 59.1 Å². The summed E-state index contributed by atoms with van der Waals surface area (Å²) in [5, 5.41) is 23.5. The van der Waals surface area contributed by atoms with Gasteiger partial charge in [-0.05, 0) is 30.2 Å². The maximum absolute atomic E-state index is 13.4. The number of aliphatic hydroxyl groups is 2. The summed E-state index contributed by atoms with van der Waals surface area (Å²) in [6, 6.07) is 3.99. The van der Waals surface area contributed by atoms with Gasteiger partial charge in [0.25, 0.3) is 0 Å². The molecule has 0 saturated heterocycles. The van der Waals surface area contributed by atoms with Crippen LogP contribution in [0.15, 0.2) is 46.8 Å². The molecule has 4 unspecified atom stereocenters. The zero-order chi connectivity index (χ0) is 26.7. The number of nitrogens with one attached hydrogen (secondary N) is 1. The van der Waals surface area contributed by atoms with Crippen LogP contribution in [0.1, 0.15) is 47.7 Å². The van der Waals surface area contributed by atoms with E-state index in [-0.39, 0.29) is 43.5 Å². The first kappa shape index (κ1) is 26.4. The maximum Gasteiger partial charge on any atom is 0.247 e. The number of furan rings is 1. The molecule has 2 heterocycles. The molecule has 1 aromatic heterocycles. The molecule has 0 bridgehead atoms. The van der Waals surface area contributed by atoms with Crippen molar-refractivity contribution in [2.75, 3.05) is 20.3 Å². The molecule has 3 N–H and O–H groups in total. The van der Waals surface area contributed by atoms with Crippen molar-refractivity contribution in [1.29, 1.82) is 0 Å². The predicted molar refractivity (Wildman–Crippen MR) is 132 cm³/mol. The van der Waals surface area contributed by atoms with Gasteiger partial charge in [0.2, 0.25) is 11.8 Å². The number of aliphatic hydroxyl groups excluding tert-OH is 2. The zero-order valence-corrected chi connectivity index (χ0v) is 21.0. The van der Waals surface area contributed by atoms with Gasteiger partial charge in [-0.1, -0.05) is 13.8 Å². The largest absolute Gasteiger partial charge is 0.493 e. The Bertz CT molecular complexity index is 1170. The third kappa shape index (κ3) is 5.26. The number of fused-ring (bicyclic) bond motifs is 3. The second-order valence-electron chi connectivity index (χ2n) is 9.65. The van der Waals surface area contributed by atoms with Gasteiger partial charge in [0.05, 0.1) is 38.2 Å². The van der Waals surface area contributed by atoms with E-state index < -0.39 is 30.1 Å². The molecule has 2 aliphatic rings. The van der Waals surface area contributed by atoms with Gasteiger partial charge < -0.3 is 34.3 Å². The molecular weight excluding hydrogens is 480 g/mol. The average Bonchev–Trinajstić information content (AvgIpc) is 3.53. The molecule has 1 aliphatic heterocycles. The van der Waals surface area contributed by atoms with Crippen LogP contribution in [0, 0.1) is 5.92 Å². The highest BCUT2D eigenvalue weighted by atomic mass is 16.5. The van der Waals surface area contributed by atoms with E-state index in [1.807, 2.05) is 13.8 Å². The van der Waals surface area contributed by atoms with E-state index in [0.717, 1.165) is 5.56 Å². The van der Waals surface area contributed by atoms with Gasteiger partial charge in [0.1, 0.15) is 18.5 Å². The molecule has 37 heavy (non-hydrogen) atoms. The third-order valence-electron chi connectivity index (χ3n) is 6.61. The number of nitrogens with zero attached hydrogens (tertiary/aromatic N) is 1. The number of rotatable bonds is 10. The Hall–Kier alpha value is -3.63. The number of aldehydes is 1. The van der Waals surface area contributed by atoms with Crippen molar-refractivity contribution >= 4 is 18.1 Å². The number of benzene rings is 1. The Labute approximate surface area is 214 Å². The lowest BCUT2D eigenvalue weighted by molar-refractivity contribution is -0.138. The molecule has 2 aromatic rings. The summed E-state index contributed by atoms with van der Waals surface area (Å²) in [6.45, 7) is 3.79. The van der Waals surface area contributed by atoms with E-state index in [9.17, 15) is 24.6 Å². The van der Waals surface area contributed by atoms with Crippen LogP contribution >= 0.6 is 0 Å². The number of methoxy groups -OCH3 is 1. The Morgan fingerprint density at radius 2 is 2.08 bits per heavy atom. The van der Waals surface area contributed by atoms with E-state index in [1.165, 1.54) is 30.6 Å². The highest BCUT2D eigenvalue weighted by Crippen LogP contribution is 2.51. The van der Waals surface area contributed by atoms with Gasteiger partial charge in [-0.15, -0.1) is 0 Å². The second kappa shape index (κ2) is 11.2. The fourth-order valence-corrected chi connectivity index (χ4v) is 4.96. The number of carbonyl (C=O) groups excluding carboxylic acids is 3. The minimum Gasteiger partial charge on any atom is -0.493 e. The summed E-state index contributed by atoms with van der Waals surface area (Å²) in [6.07, 6.45) is 3.42. The standard InChI is InChI=1S/C27H32N2O8/c1-15(2)8-22(32)29(12-16-4-7-36-14-16)20-11-19(27(34)28-5-6-30)23-18-9-17(13-31)10-21(35-3)25(18)37-26(23)24(20)33/h4,7,9-11,13-15,20,23-24,26,30,33H,5-6,8,12H2,1-3H3,(H,28,34). The fourth-order valence-electron chi connectivity index (χ4n) is 4.96. The molecule has 1 aliphatic carbocycles. The fraction of sp³-hybridized carbons (Fsp3) is 0.444. The van der Waals surface area contributed by atoms with Crippen LogP contribution in [0.25, 0.3) is 0 Å². The van der Waals surface area contributed by atoms with Gasteiger partial charge in [0.15, 0.2) is 11.5 Å². The molecule has 10 heteroatoms. The molecule has 4 atom stereocenters. The highest BCUT2D eigenvalue weighted by Gasteiger charge is 2.51. The van der Waals surface area contributed by atoms with E-state index in [0.29, 0.717) is 28.9 Å². The molecule has 4 rings (SSSR count).